The van der Waals surface area contributed by atoms with Crippen LogP contribution in [0, 0.1) is 6.92 Å². The lowest BCUT2D eigenvalue weighted by atomic mass is 10.1. The molecule has 2 aromatic carbocycles. The first-order valence-electron chi connectivity index (χ1n) is 8.96. The lowest BCUT2D eigenvalue weighted by Gasteiger charge is -2.16. The van der Waals surface area contributed by atoms with Crippen LogP contribution in [0.25, 0.3) is 0 Å². The largest absolute Gasteiger partial charge is 0.493 e. The fourth-order valence-electron chi connectivity index (χ4n) is 2.93. The highest BCUT2D eigenvalue weighted by Crippen LogP contribution is 2.33. The van der Waals surface area contributed by atoms with Crippen molar-refractivity contribution in [2.45, 2.75) is 26.4 Å². The number of nitrogens with one attached hydrogen (secondary N) is 2. The summed E-state index contributed by atoms with van der Waals surface area (Å²) in [4.78, 5) is 4.30. The number of rotatable bonds is 8. The van der Waals surface area contributed by atoms with Gasteiger partial charge in [0.2, 0.25) is 0 Å². The summed E-state index contributed by atoms with van der Waals surface area (Å²) in [5.41, 5.74) is 4.60. The molecule has 0 spiro atoms. The van der Waals surface area contributed by atoms with Crippen molar-refractivity contribution in [2.75, 3.05) is 21.3 Å². The Morgan fingerprint density at radius 3 is 2.36 bits per heavy atom. The first kappa shape index (κ1) is 23.8. The number of ether oxygens (including phenoxy) is 2. The van der Waals surface area contributed by atoms with Gasteiger partial charge in [-0.15, -0.1) is 30.6 Å². The van der Waals surface area contributed by atoms with Crippen LogP contribution in [0.2, 0.25) is 0 Å². The van der Waals surface area contributed by atoms with Crippen LogP contribution >= 0.6 is 24.0 Å². The van der Waals surface area contributed by atoms with E-state index in [-0.39, 0.29) is 24.0 Å². The molecule has 0 radical (unpaired) electrons. The molecule has 5 nitrogen and oxygen atoms in total. The van der Waals surface area contributed by atoms with Gasteiger partial charge in [0.15, 0.2) is 17.5 Å². The van der Waals surface area contributed by atoms with Crippen molar-refractivity contribution >= 4 is 29.9 Å². The van der Waals surface area contributed by atoms with Crippen LogP contribution in [-0.4, -0.2) is 27.2 Å². The molecule has 0 aliphatic carbocycles. The Kier molecular flexibility index (Phi) is 10.4. The molecular weight excluding hydrogens is 465 g/mol. The van der Waals surface area contributed by atoms with Crippen molar-refractivity contribution in [3.8, 4) is 11.5 Å². The minimum Gasteiger partial charge on any atom is -0.493 e. The van der Waals surface area contributed by atoms with Gasteiger partial charge in [-0.25, -0.2) is 0 Å². The Morgan fingerprint density at radius 1 is 1.07 bits per heavy atom. The average molecular weight is 495 g/mol. The van der Waals surface area contributed by atoms with Crippen molar-refractivity contribution in [3.05, 3.63) is 71.3 Å². The zero-order chi connectivity index (χ0) is 19.6. The summed E-state index contributed by atoms with van der Waals surface area (Å²) in [6, 6.07) is 12.5. The van der Waals surface area contributed by atoms with Gasteiger partial charge < -0.3 is 20.1 Å². The van der Waals surface area contributed by atoms with Crippen molar-refractivity contribution in [1.82, 2.24) is 10.6 Å². The van der Waals surface area contributed by atoms with Gasteiger partial charge >= 0.3 is 0 Å². The Labute approximate surface area is 185 Å². The molecule has 0 amide bonds. The molecule has 0 atom stereocenters. The number of benzene rings is 2. The van der Waals surface area contributed by atoms with Gasteiger partial charge in [-0.3, -0.25) is 4.99 Å². The van der Waals surface area contributed by atoms with Crippen molar-refractivity contribution in [3.63, 3.8) is 0 Å². The normalized spacial score (nSPS) is 10.6. The lowest BCUT2D eigenvalue weighted by Crippen LogP contribution is -2.36. The van der Waals surface area contributed by atoms with Crippen LogP contribution < -0.4 is 20.1 Å². The van der Waals surface area contributed by atoms with Crippen LogP contribution in [0.1, 0.15) is 22.3 Å². The summed E-state index contributed by atoms with van der Waals surface area (Å²) >= 11 is 0. The molecule has 0 aliphatic rings. The molecule has 0 aliphatic heterocycles. The Bertz CT molecular complexity index is 806. The maximum Gasteiger partial charge on any atom is 0.191 e. The molecule has 2 aromatic rings. The monoisotopic (exact) mass is 495 g/mol. The molecule has 0 fully saturated rings. The average Bonchev–Trinajstić information content (AvgIpc) is 2.68. The lowest BCUT2D eigenvalue weighted by molar-refractivity contribution is 0.352. The van der Waals surface area contributed by atoms with E-state index in [4.69, 9.17) is 9.47 Å². The summed E-state index contributed by atoms with van der Waals surface area (Å²) in [5.74, 6) is 2.22. The molecule has 0 saturated heterocycles. The molecule has 2 rings (SSSR count). The number of aliphatic imine (C=N–C) groups is 1. The van der Waals surface area contributed by atoms with E-state index in [0.29, 0.717) is 13.0 Å². The summed E-state index contributed by atoms with van der Waals surface area (Å²) in [6.07, 6.45) is 2.57. The number of aryl methyl sites for hydroxylation is 1. The highest BCUT2D eigenvalue weighted by molar-refractivity contribution is 14.0. The smallest absolute Gasteiger partial charge is 0.191 e. The maximum absolute atomic E-state index is 5.49. The Balaban J connectivity index is 0.00000392. The molecular formula is C22H30IN3O2. The zero-order valence-corrected chi connectivity index (χ0v) is 19.4. The quantitative estimate of drug-likeness (QED) is 0.249. The third-order valence-electron chi connectivity index (χ3n) is 4.21. The first-order valence-corrected chi connectivity index (χ1v) is 8.96. The van der Waals surface area contributed by atoms with Gasteiger partial charge in [0, 0.05) is 25.7 Å². The fourth-order valence-corrected chi connectivity index (χ4v) is 2.93. The van der Waals surface area contributed by atoms with Gasteiger partial charge in [-0.2, -0.15) is 0 Å². The molecule has 0 bridgehead atoms. The summed E-state index contributed by atoms with van der Waals surface area (Å²) in [7, 11) is 5.07. The molecule has 28 heavy (non-hydrogen) atoms. The van der Waals surface area contributed by atoms with Gasteiger partial charge in [-0.1, -0.05) is 35.9 Å². The van der Waals surface area contributed by atoms with E-state index in [2.05, 4.69) is 59.5 Å². The van der Waals surface area contributed by atoms with E-state index in [1.54, 1.807) is 21.3 Å². The third kappa shape index (κ3) is 6.74. The zero-order valence-electron chi connectivity index (χ0n) is 17.0. The van der Waals surface area contributed by atoms with Crippen molar-refractivity contribution in [1.29, 1.82) is 0 Å². The highest BCUT2D eigenvalue weighted by atomic mass is 127. The van der Waals surface area contributed by atoms with Gasteiger partial charge in [0.25, 0.3) is 0 Å². The number of allylic oxidation sites excluding steroid dienone is 1. The first-order chi connectivity index (χ1) is 13.1. The summed E-state index contributed by atoms with van der Waals surface area (Å²) in [6.45, 7) is 7.25. The second kappa shape index (κ2) is 12.3. The molecule has 0 unspecified atom stereocenters. The van der Waals surface area contributed by atoms with Crippen molar-refractivity contribution in [2.24, 2.45) is 4.99 Å². The third-order valence-corrected chi connectivity index (χ3v) is 4.21. The molecule has 2 N–H and O–H groups in total. The number of hydrogen-bond donors (Lipinski definition) is 2. The number of nitrogens with zero attached hydrogens (tertiary/aromatic N) is 1. The van der Waals surface area contributed by atoms with Crippen molar-refractivity contribution < 1.29 is 9.47 Å². The van der Waals surface area contributed by atoms with E-state index < -0.39 is 0 Å². The Morgan fingerprint density at radius 2 is 1.79 bits per heavy atom. The van der Waals surface area contributed by atoms with Crippen LogP contribution in [0.4, 0.5) is 0 Å². The minimum atomic E-state index is 0. The molecule has 0 saturated carbocycles. The van der Waals surface area contributed by atoms with Crippen LogP contribution in [0.3, 0.4) is 0 Å². The Hall–Kier alpha value is -2.22. The standard InChI is InChI=1S/C22H29N3O2.HI/c1-6-8-19-12-18(13-20(26-4)21(19)27-5)15-25-22(23-3)24-14-17-10-7-9-16(2)11-17;/h6-7,9-13H,1,8,14-15H2,2-5H3,(H2,23,24,25);1H. The summed E-state index contributed by atoms with van der Waals surface area (Å²) < 4.78 is 11.0. The molecule has 0 aromatic heterocycles. The van der Waals surface area contributed by atoms with E-state index in [9.17, 15) is 0 Å². The number of hydrogen-bond acceptors (Lipinski definition) is 3. The maximum atomic E-state index is 5.49. The molecule has 152 valence electrons. The van der Waals surface area contributed by atoms with E-state index in [0.717, 1.165) is 35.1 Å². The highest BCUT2D eigenvalue weighted by Gasteiger charge is 2.12. The topological polar surface area (TPSA) is 54.9 Å². The minimum absolute atomic E-state index is 0. The predicted molar refractivity (Wildman–Crippen MR) is 127 cm³/mol. The van der Waals surface area contributed by atoms with E-state index in [1.165, 1.54) is 11.1 Å². The molecule has 0 heterocycles. The van der Waals surface area contributed by atoms with E-state index in [1.807, 2.05) is 12.1 Å². The summed E-state index contributed by atoms with van der Waals surface area (Å²) in [5, 5.41) is 6.69. The molecule has 6 heteroatoms. The number of guanidine groups is 1. The van der Waals surface area contributed by atoms with Crippen LogP contribution in [-0.2, 0) is 19.5 Å². The second-order valence-electron chi connectivity index (χ2n) is 6.25. The fraction of sp³-hybridized carbons (Fsp3) is 0.318. The number of methoxy groups -OCH3 is 2. The van der Waals surface area contributed by atoms with Gasteiger partial charge in [0.05, 0.1) is 14.2 Å². The van der Waals surface area contributed by atoms with Gasteiger partial charge in [-0.05, 0) is 36.6 Å². The second-order valence-corrected chi connectivity index (χ2v) is 6.25. The SMILES string of the molecule is C=CCc1cc(CNC(=NC)NCc2cccc(C)c2)cc(OC)c1OC.I. The van der Waals surface area contributed by atoms with Crippen LogP contribution in [0.15, 0.2) is 54.0 Å². The number of halogens is 1. The predicted octanol–water partition coefficient (Wildman–Crippen LogP) is 4.22. The van der Waals surface area contributed by atoms with E-state index >= 15 is 0 Å². The van der Waals surface area contributed by atoms with Gasteiger partial charge in [0.1, 0.15) is 0 Å². The van der Waals surface area contributed by atoms with Crippen LogP contribution in [0.5, 0.6) is 11.5 Å².